The Labute approximate surface area is 317 Å². The first-order valence-electron chi connectivity index (χ1n) is 17.8. The highest BCUT2D eigenvalue weighted by molar-refractivity contribution is 7.50. The summed E-state index contributed by atoms with van der Waals surface area (Å²) in [6.07, 6.45) is 3.57. The van der Waals surface area contributed by atoms with Gasteiger partial charge in [0.25, 0.3) is 0 Å². The van der Waals surface area contributed by atoms with E-state index in [4.69, 9.17) is 14.7 Å². The fourth-order valence-corrected chi connectivity index (χ4v) is 5.99. The molecule has 10 N–H and O–H groups in total. The fourth-order valence-electron chi connectivity index (χ4n) is 4.90. The van der Waals surface area contributed by atoms with Crippen LogP contribution in [0.5, 0.6) is 0 Å². The van der Waals surface area contributed by atoms with Crippen molar-refractivity contribution in [2.75, 3.05) is 19.7 Å². The van der Waals surface area contributed by atoms with Crippen LogP contribution in [0.25, 0.3) is 0 Å². The van der Waals surface area contributed by atoms with Crippen molar-refractivity contribution in [3.8, 4) is 0 Å². The van der Waals surface area contributed by atoms with Gasteiger partial charge < -0.3 is 46.6 Å². The molecule has 310 valence electrons. The number of pyridine rings is 1. The molecule has 1 aromatic heterocycles. The van der Waals surface area contributed by atoms with Crippen LogP contribution in [0.1, 0.15) is 95.5 Å². The van der Waals surface area contributed by atoms with Crippen LogP contribution < -0.4 is 26.4 Å². The molecule has 0 saturated heterocycles. The molecule has 4 unspecified atom stereocenters. The second-order valence-electron chi connectivity index (χ2n) is 12.5. The Hall–Kier alpha value is -4.56. The molecule has 4 atom stereocenters. The number of carbonyl (C=O) groups excluding carboxylic acids is 3. The zero-order valence-corrected chi connectivity index (χ0v) is 31.3. The van der Waals surface area contributed by atoms with Crippen molar-refractivity contribution in [1.82, 2.24) is 31.3 Å². The minimum Gasteiger partial charge on any atom is -0.481 e. The maximum absolute atomic E-state index is 12.8. The molecule has 0 aliphatic rings. The van der Waals surface area contributed by atoms with E-state index in [9.17, 15) is 57.6 Å². The molecule has 0 fully saturated rings. The topological polar surface area (TPSA) is 320 Å². The maximum atomic E-state index is 12.8. The number of nitrogens with zero attached hydrogens (tertiary/aromatic N) is 1. The average molecular weight is 807 g/mol. The lowest BCUT2D eigenvalue weighted by atomic mass is 10.1. The molecular formula is C33H52FN6O14P. The molecule has 0 spiro atoms. The van der Waals surface area contributed by atoms with E-state index < -0.39 is 93.4 Å². The van der Waals surface area contributed by atoms with Crippen LogP contribution in [0.15, 0.2) is 18.3 Å². The smallest absolute Gasteiger partial charge is 0.403 e. The van der Waals surface area contributed by atoms with Gasteiger partial charge in [0, 0.05) is 45.0 Å². The first-order chi connectivity index (χ1) is 26.0. The summed E-state index contributed by atoms with van der Waals surface area (Å²) in [7, 11) is -4.72. The van der Waals surface area contributed by atoms with Crippen LogP contribution in [0.4, 0.5) is 4.39 Å². The number of amides is 3. The first-order valence-corrected chi connectivity index (χ1v) is 19.4. The normalized spacial score (nSPS) is 13.8. The number of carboxylic acid groups (broad SMARTS) is 4. The molecular weight excluding hydrogens is 754 g/mol. The largest absolute Gasteiger partial charge is 0.481 e. The number of aromatic nitrogens is 1. The van der Waals surface area contributed by atoms with Gasteiger partial charge in [0.1, 0.15) is 18.1 Å². The molecule has 0 radical (unpaired) electrons. The van der Waals surface area contributed by atoms with Crippen LogP contribution in [0.2, 0.25) is 0 Å². The summed E-state index contributed by atoms with van der Waals surface area (Å²) in [4.78, 5) is 95.4. The van der Waals surface area contributed by atoms with Gasteiger partial charge in [0.15, 0.2) is 0 Å². The van der Waals surface area contributed by atoms with Crippen molar-refractivity contribution in [2.45, 2.75) is 115 Å². The highest BCUT2D eigenvalue weighted by Crippen LogP contribution is 2.38. The first kappa shape index (κ1) is 48.5. The minimum atomic E-state index is -4.72. The number of nitrogens with one attached hydrogen (secondary N) is 5. The van der Waals surface area contributed by atoms with Crippen molar-refractivity contribution >= 4 is 49.3 Å². The third kappa shape index (κ3) is 24.5. The molecule has 22 heteroatoms. The van der Waals surface area contributed by atoms with E-state index in [0.29, 0.717) is 38.8 Å². The van der Waals surface area contributed by atoms with Gasteiger partial charge in [0.05, 0.1) is 6.61 Å². The zero-order chi connectivity index (χ0) is 41.2. The van der Waals surface area contributed by atoms with Crippen LogP contribution in [-0.2, 0) is 49.2 Å². The Morgan fingerprint density at radius 1 is 0.691 bits per heavy atom. The monoisotopic (exact) mass is 806 g/mol. The van der Waals surface area contributed by atoms with E-state index in [-0.39, 0.29) is 31.6 Å². The predicted octanol–water partition coefficient (Wildman–Crippen LogP) is 1.27. The van der Waals surface area contributed by atoms with Gasteiger partial charge in [-0.15, -0.1) is 0 Å². The third-order valence-electron chi connectivity index (χ3n) is 7.87. The van der Waals surface area contributed by atoms with Gasteiger partial charge in [-0.1, -0.05) is 18.9 Å². The minimum absolute atomic E-state index is 0.00831. The molecule has 0 bridgehead atoms. The standard InChI is InChI=1S/C33H52FN6O14P/c34-26-14-11-22(21-37-26)20-35-17-5-1-3-9-27(41)36-18-6-2-4-10-28(42)39-24(32(48)49)12-15-29(43)38-23(31(46)47)8-7-19-54-55(52,53)40-25(33(50)51)13-16-30(44)45/h11,14,21,23-25,35H,1-10,12-13,15-20H2,(H,36,41)(H,38,43)(H,39,42)(H,44,45)(H,46,47)(H,48,49)(H,50,51)(H2,40,52,53). The SMILES string of the molecule is O=C(O)CCC(NP(=O)(O)OCCCC(NC(=O)CCC(NC(=O)CCCCCNC(=O)CCCCCNCc1ccc(F)nc1)C(=O)O)C(=O)O)C(=O)O. The number of carboxylic acids is 4. The summed E-state index contributed by atoms with van der Waals surface area (Å²) in [5, 5.41) is 49.2. The zero-order valence-electron chi connectivity index (χ0n) is 30.4. The lowest BCUT2D eigenvalue weighted by Crippen LogP contribution is -2.44. The fraction of sp³-hybridized carbons (Fsp3) is 0.636. The van der Waals surface area contributed by atoms with Gasteiger partial charge in [-0.05, 0) is 69.5 Å². The van der Waals surface area contributed by atoms with E-state index in [0.717, 1.165) is 31.4 Å². The van der Waals surface area contributed by atoms with Crippen molar-refractivity contribution < 1.29 is 72.4 Å². The summed E-state index contributed by atoms with van der Waals surface area (Å²) in [6, 6.07) is -1.65. The van der Waals surface area contributed by atoms with Crippen LogP contribution >= 0.6 is 7.75 Å². The molecule has 3 amide bonds. The summed E-state index contributed by atoms with van der Waals surface area (Å²) >= 11 is 0. The number of carbonyl (C=O) groups is 7. The van der Waals surface area contributed by atoms with Gasteiger partial charge in [-0.2, -0.15) is 4.39 Å². The molecule has 0 aliphatic carbocycles. The second kappa shape index (κ2) is 27.1. The molecule has 0 aliphatic heterocycles. The third-order valence-corrected chi connectivity index (χ3v) is 9.04. The van der Waals surface area contributed by atoms with Crippen LogP contribution in [0.3, 0.4) is 0 Å². The molecule has 0 aromatic carbocycles. The number of aliphatic carboxylic acids is 4. The van der Waals surface area contributed by atoms with Crippen LogP contribution in [0, 0.1) is 5.95 Å². The van der Waals surface area contributed by atoms with Gasteiger partial charge in [0.2, 0.25) is 23.7 Å². The van der Waals surface area contributed by atoms with E-state index in [1.807, 2.05) is 5.09 Å². The molecule has 1 rings (SSSR count). The van der Waals surface area contributed by atoms with Crippen molar-refractivity contribution in [2.24, 2.45) is 0 Å². The molecule has 0 saturated carbocycles. The summed E-state index contributed by atoms with van der Waals surface area (Å²) in [5.74, 6) is -7.76. The Bertz CT molecular complexity index is 1450. The van der Waals surface area contributed by atoms with Gasteiger partial charge in [-0.25, -0.2) is 24.2 Å². The Morgan fingerprint density at radius 3 is 1.84 bits per heavy atom. The number of unbranched alkanes of at least 4 members (excludes halogenated alkanes) is 4. The summed E-state index contributed by atoms with van der Waals surface area (Å²) in [6.45, 7) is 1.22. The number of hydrogen-bond acceptors (Lipinski definition) is 11. The van der Waals surface area contributed by atoms with Crippen LogP contribution in [-0.4, -0.2) is 110 Å². The predicted molar refractivity (Wildman–Crippen MR) is 191 cm³/mol. The Morgan fingerprint density at radius 2 is 1.25 bits per heavy atom. The second-order valence-corrected chi connectivity index (χ2v) is 14.1. The summed E-state index contributed by atoms with van der Waals surface area (Å²) in [5.41, 5.74) is 0.880. The van der Waals surface area contributed by atoms with Gasteiger partial charge >= 0.3 is 31.6 Å². The lowest BCUT2D eigenvalue weighted by molar-refractivity contribution is -0.143. The quantitative estimate of drug-likeness (QED) is 0.0278. The van der Waals surface area contributed by atoms with E-state index in [1.165, 1.54) is 12.3 Å². The highest BCUT2D eigenvalue weighted by Gasteiger charge is 2.30. The lowest BCUT2D eigenvalue weighted by Gasteiger charge is -2.19. The number of halogens is 1. The van der Waals surface area contributed by atoms with Gasteiger partial charge in [-0.3, -0.25) is 28.5 Å². The number of hydrogen-bond donors (Lipinski definition) is 10. The summed E-state index contributed by atoms with van der Waals surface area (Å²) < 4.78 is 29.7. The van der Waals surface area contributed by atoms with E-state index in [1.54, 1.807) is 6.07 Å². The van der Waals surface area contributed by atoms with E-state index in [2.05, 4.69) is 26.3 Å². The molecule has 20 nitrogen and oxygen atoms in total. The Kier molecular flexibility index (Phi) is 23.9. The number of rotatable bonds is 32. The Balaban J connectivity index is 2.25. The highest BCUT2D eigenvalue weighted by atomic mass is 31.2. The van der Waals surface area contributed by atoms with Crippen molar-refractivity contribution in [3.63, 3.8) is 0 Å². The molecule has 1 aromatic rings. The molecule has 1 heterocycles. The van der Waals surface area contributed by atoms with E-state index >= 15 is 0 Å². The molecule has 55 heavy (non-hydrogen) atoms. The van der Waals surface area contributed by atoms with Crippen molar-refractivity contribution in [3.05, 3.63) is 29.8 Å². The maximum Gasteiger partial charge on any atom is 0.403 e. The van der Waals surface area contributed by atoms with Crippen molar-refractivity contribution in [1.29, 1.82) is 0 Å². The average Bonchev–Trinajstić information content (AvgIpc) is 3.11.